The molecule has 0 atom stereocenters. The lowest BCUT2D eigenvalue weighted by Gasteiger charge is -2.06. The van der Waals surface area contributed by atoms with Gasteiger partial charge in [0, 0.05) is 11.8 Å². The Morgan fingerprint density at radius 3 is 2.67 bits per heavy atom. The second-order valence-corrected chi connectivity index (χ2v) is 6.61. The Kier molecular flexibility index (Phi) is 6.50. The molecule has 0 bridgehead atoms. The van der Waals surface area contributed by atoms with Gasteiger partial charge in [0.2, 0.25) is 5.71 Å². The summed E-state index contributed by atoms with van der Waals surface area (Å²) in [5.41, 5.74) is 4.45. The van der Waals surface area contributed by atoms with Crippen molar-refractivity contribution < 1.29 is 9.73 Å². The lowest BCUT2D eigenvalue weighted by atomic mass is 9.97. The molecule has 0 unspecified atom stereocenters. The van der Waals surface area contributed by atoms with Crippen LogP contribution in [0.5, 0.6) is 5.75 Å². The summed E-state index contributed by atoms with van der Waals surface area (Å²) < 4.78 is 5.30. The first-order chi connectivity index (χ1) is 13.2. The van der Waals surface area contributed by atoms with Gasteiger partial charge in [-0.1, -0.05) is 55.2 Å². The van der Waals surface area contributed by atoms with Gasteiger partial charge < -0.3 is 4.74 Å². The Balaban J connectivity index is 1.92. The minimum atomic E-state index is 0.787. The molecule has 27 heavy (non-hydrogen) atoms. The summed E-state index contributed by atoms with van der Waals surface area (Å²) in [6.45, 7) is 4.82. The zero-order valence-corrected chi connectivity index (χ0v) is 16.4. The molecule has 0 heterocycles. The van der Waals surface area contributed by atoms with Crippen molar-refractivity contribution in [2.45, 2.75) is 0 Å². The molecule has 0 saturated heterocycles. The summed E-state index contributed by atoms with van der Waals surface area (Å²) in [5, 5.41) is 2.36. The zero-order valence-electron chi connectivity index (χ0n) is 15.5. The predicted molar refractivity (Wildman–Crippen MR) is 120 cm³/mol. The Bertz CT molecular complexity index is 993. The number of rotatable bonds is 6. The van der Waals surface area contributed by atoms with Crippen LogP contribution in [0.25, 0.3) is 16.8 Å². The number of nitrogens with one attached hydrogen (secondary N) is 1. The van der Waals surface area contributed by atoms with Crippen LogP contribution >= 0.6 is 12.6 Å². The number of benzene rings is 2. The van der Waals surface area contributed by atoms with E-state index < -0.39 is 0 Å². The van der Waals surface area contributed by atoms with Crippen LogP contribution in [0.2, 0.25) is 0 Å². The lowest BCUT2D eigenvalue weighted by Crippen LogP contribution is -2.73. The Hall–Kier alpha value is -2.78. The number of allylic oxidation sites excluding steroid dienone is 8. The highest BCUT2D eigenvalue weighted by Crippen LogP contribution is 2.23. The van der Waals surface area contributed by atoms with Crippen LogP contribution < -0.4 is 9.73 Å². The van der Waals surface area contributed by atoms with E-state index >= 15 is 0 Å². The Labute approximate surface area is 166 Å². The van der Waals surface area contributed by atoms with Crippen LogP contribution in [0.15, 0.2) is 90.6 Å². The van der Waals surface area contributed by atoms with Crippen LogP contribution in [0, 0.1) is 0 Å². The van der Waals surface area contributed by atoms with E-state index in [4.69, 9.17) is 4.74 Å². The first-order valence-corrected chi connectivity index (χ1v) is 9.58. The molecule has 1 aliphatic carbocycles. The van der Waals surface area contributed by atoms with E-state index in [1.54, 1.807) is 7.11 Å². The average Bonchev–Trinajstić information content (AvgIpc) is 2.72. The molecule has 0 aromatic heterocycles. The van der Waals surface area contributed by atoms with Gasteiger partial charge in [-0.05, 0) is 46.2 Å². The Morgan fingerprint density at radius 2 is 1.89 bits per heavy atom. The maximum atomic E-state index is 5.30. The van der Waals surface area contributed by atoms with E-state index in [1.165, 1.54) is 10.8 Å². The third-order valence-corrected chi connectivity index (χ3v) is 4.64. The third kappa shape index (κ3) is 4.69. The van der Waals surface area contributed by atoms with E-state index in [9.17, 15) is 0 Å². The smallest absolute Gasteiger partial charge is 0.206 e. The van der Waals surface area contributed by atoms with E-state index in [0.29, 0.717) is 0 Å². The summed E-state index contributed by atoms with van der Waals surface area (Å²) in [5.74, 6) is 1.66. The first kappa shape index (κ1) is 19.0. The van der Waals surface area contributed by atoms with E-state index in [-0.39, 0.29) is 0 Å². The highest BCUT2D eigenvalue weighted by atomic mass is 32.1. The number of ether oxygens (including phenoxy) is 1. The molecule has 136 valence electrons. The van der Waals surface area contributed by atoms with Crippen molar-refractivity contribution in [3.8, 4) is 5.75 Å². The molecule has 0 aliphatic heterocycles. The molecular formula is C24H24NOS+. The predicted octanol–water partition coefficient (Wildman–Crippen LogP) is 3.92. The second-order valence-electron chi connectivity index (χ2n) is 6.16. The maximum Gasteiger partial charge on any atom is 0.206 e. The van der Waals surface area contributed by atoms with Gasteiger partial charge in [0.25, 0.3) is 0 Å². The van der Waals surface area contributed by atoms with Gasteiger partial charge in [0.05, 0.1) is 12.7 Å². The van der Waals surface area contributed by atoms with E-state index in [0.717, 1.165) is 40.5 Å². The Morgan fingerprint density at radius 1 is 1.11 bits per heavy atom. The van der Waals surface area contributed by atoms with Crippen LogP contribution in [0.3, 0.4) is 0 Å². The molecule has 0 spiro atoms. The van der Waals surface area contributed by atoms with Crippen LogP contribution in [0.1, 0.15) is 5.56 Å². The molecule has 3 rings (SSSR count). The maximum absolute atomic E-state index is 5.30. The molecular weight excluding hydrogens is 350 g/mol. The largest absolute Gasteiger partial charge is 0.497 e. The van der Waals surface area contributed by atoms with Gasteiger partial charge in [0.1, 0.15) is 12.3 Å². The zero-order chi connectivity index (χ0) is 19.1. The lowest BCUT2D eigenvalue weighted by molar-refractivity contribution is -0.449. The minimum Gasteiger partial charge on any atom is -0.497 e. The fourth-order valence-corrected chi connectivity index (χ4v) is 3.12. The summed E-state index contributed by atoms with van der Waals surface area (Å²) in [4.78, 5) is 3.42. The van der Waals surface area contributed by atoms with Crippen molar-refractivity contribution in [2.24, 2.45) is 0 Å². The van der Waals surface area contributed by atoms with Gasteiger partial charge in [-0.3, -0.25) is 0 Å². The van der Waals surface area contributed by atoms with Crippen molar-refractivity contribution in [3.05, 3.63) is 96.1 Å². The average molecular weight is 375 g/mol. The highest BCUT2D eigenvalue weighted by Gasteiger charge is 2.12. The highest BCUT2D eigenvalue weighted by molar-refractivity contribution is 7.80. The normalized spacial score (nSPS) is 17.0. The summed E-state index contributed by atoms with van der Waals surface area (Å²) >= 11 is 4.28. The molecule has 1 N–H and O–H groups in total. The fraction of sp³-hybridized carbons (Fsp3) is 0.125. The van der Waals surface area contributed by atoms with Gasteiger partial charge in [-0.2, -0.15) is 12.6 Å². The van der Waals surface area contributed by atoms with Crippen molar-refractivity contribution in [1.82, 2.24) is 0 Å². The van der Waals surface area contributed by atoms with Crippen LogP contribution in [-0.2, 0) is 0 Å². The number of thiol groups is 1. The molecule has 0 radical (unpaired) electrons. The van der Waals surface area contributed by atoms with Gasteiger partial charge in [-0.15, -0.1) is 0 Å². The van der Waals surface area contributed by atoms with Crippen molar-refractivity contribution in [3.63, 3.8) is 0 Å². The van der Waals surface area contributed by atoms with Crippen LogP contribution in [0.4, 0.5) is 0 Å². The minimum absolute atomic E-state index is 0.787. The quantitative estimate of drug-likeness (QED) is 0.736. The standard InChI is InChI=1S/C24H23NOS/c1-3-19(23-6-4-5-7-24(23)25-14-15-27)10-8-18-9-11-21-17-22(26-2)13-12-20(21)16-18/h3-13,16-17,27H,1,14-15H2,2H3/p+1/b10-8+,23-19+,25-24?. The monoisotopic (exact) mass is 374 g/mol. The molecule has 2 nitrogen and oxygen atoms in total. The van der Waals surface area contributed by atoms with E-state index in [2.05, 4.69) is 72.8 Å². The summed E-state index contributed by atoms with van der Waals surface area (Å²) in [6.07, 6.45) is 14.4. The molecule has 3 heteroatoms. The van der Waals surface area contributed by atoms with Crippen molar-refractivity contribution in [2.75, 3.05) is 19.4 Å². The molecule has 2 aromatic carbocycles. The molecule has 2 aromatic rings. The number of hydrogen-bond acceptors (Lipinski definition) is 2. The second kappa shape index (κ2) is 9.24. The number of fused-ring (bicyclic) bond motifs is 1. The van der Waals surface area contributed by atoms with Gasteiger partial charge in [0.15, 0.2) is 0 Å². The summed E-state index contributed by atoms with van der Waals surface area (Å²) in [6, 6.07) is 12.5. The fourth-order valence-electron chi connectivity index (χ4n) is 3.01. The van der Waals surface area contributed by atoms with Crippen molar-refractivity contribution in [1.29, 1.82) is 0 Å². The topological polar surface area (TPSA) is 23.2 Å². The van der Waals surface area contributed by atoms with Crippen molar-refractivity contribution >= 4 is 35.2 Å². The van der Waals surface area contributed by atoms with Gasteiger partial charge >= 0.3 is 0 Å². The molecule has 0 saturated carbocycles. The number of hydrogen-bond donors (Lipinski definition) is 2. The van der Waals surface area contributed by atoms with E-state index in [1.807, 2.05) is 30.4 Å². The third-order valence-electron chi connectivity index (χ3n) is 4.41. The molecule has 0 amide bonds. The molecule has 1 aliphatic rings. The number of methoxy groups -OCH3 is 1. The van der Waals surface area contributed by atoms with Gasteiger partial charge in [-0.25, -0.2) is 4.99 Å². The SMILES string of the molecule is C=CC(/C=C/c1ccc2cc(OC)ccc2c1)=C1/C=CC=CC1=[NH+]CCS. The summed E-state index contributed by atoms with van der Waals surface area (Å²) in [7, 11) is 1.69. The molecule has 0 fully saturated rings. The van der Waals surface area contributed by atoms with Crippen LogP contribution in [-0.4, -0.2) is 25.1 Å². The first-order valence-electron chi connectivity index (χ1n) is 8.94.